The minimum absolute atomic E-state index is 0.165. The molecule has 0 saturated heterocycles. The molecule has 210 valence electrons. The molecule has 0 spiro atoms. The van der Waals surface area contributed by atoms with Crippen LogP contribution in [0.1, 0.15) is 46.6 Å². The van der Waals surface area contributed by atoms with Gasteiger partial charge >= 0.3 is 0 Å². The van der Waals surface area contributed by atoms with Crippen LogP contribution in [-0.2, 0) is 4.79 Å². The van der Waals surface area contributed by atoms with Crippen molar-refractivity contribution in [1.29, 1.82) is 0 Å². The lowest BCUT2D eigenvalue weighted by atomic mass is 9.94. The zero-order valence-corrected chi connectivity index (χ0v) is 25.1. The molecule has 3 heterocycles. The fourth-order valence-electron chi connectivity index (χ4n) is 5.56. The van der Waals surface area contributed by atoms with Crippen LogP contribution < -0.4 is 20.2 Å². The molecule has 1 N–H and O–H groups in total. The van der Waals surface area contributed by atoms with Crippen LogP contribution in [0.2, 0.25) is 0 Å². The molecule has 0 radical (unpaired) electrons. The number of amides is 1. The van der Waals surface area contributed by atoms with E-state index in [9.17, 15) is 9.59 Å². The Balaban J connectivity index is 1.49. The summed E-state index contributed by atoms with van der Waals surface area (Å²) in [7, 11) is 0. The van der Waals surface area contributed by atoms with Gasteiger partial charge in [-0.05, 0) is 82.2 Å². The maximum Gasteiger partial charge on any atom is 0.271 e. The molecule has 7 heteroatoms. The van der Waals surface area contributed by atoms with Crippen LogP contribution in [0.4, 0.5) is 5.69 Å². The Morgan fingerprint density at radius 2 is 1.52 bits per heavy atom. The van der Waals surface area contributed by atoms with E-state index in [2.05, 4.69) is 61.0 Å². The zero-order chi connectivity index (χ0) is 29.5. The summed E-state index contributed by atoms with van der Waals surface area (Å²) in [6.45, 7) is 10.1. The van der Waals surface area contributed by atoms with E-state index in [1.54, 1.807) is 4.57 Å². The molecule has 0 aliphatic carbocycles. The largest absolute Gasteiger partial charge is 0.322 e. The van der Waals surface area contributed by atoms with Crippen molar-refractivity contribution >= 4 is 29.0 Å². The molecule has 0 unspecified atom stereocenters. The number of aromatic nitrogens is 2. The Morgan fingerprint density at radius 3 is 2.19 bits per heavy atom. The highest BCUT2D eigenvalue weighted by Crippen LogP contribution is 2.31. The molecule has 1 atom stereocenters. The molecule has 6 nitrogen and oxygen atoms in total. The number of carbonyl (C=O) groups is 1. The van der Waals surface area contributed by atoms with E-state index >= 15 is 0 Å². The molecule has 0 bridgehead atoms. The van der Waals surface area contributed by atoms with Crippen molar-refractivity contribution in [3.05, 3.63) is 150 Å². The van der Waals surface area contributed by atoms with Crippen molar-refractivity contribution < 1.29 is 4.79 Å². The summed E-state index contributed by atoms with van der Waals surface area (Å²) in [6, 6.07) is 27.3. The highest BCUT2D eigenvalue weighted by atomic mass is 32.1. The second-order valence-corrected chi connectivity index (χ2v) is 11.8. The first kappa shape index (κ1) is 27.4. The number of nitrogens with one attached hydrogen (secondary N) is 1. The van der Waals surface area contributed by atoms with E-state index in [4.69, 9.17) is 4.99 Å². The Hall–Kier alpha value is -4.75. The standard InChI is InChI=1S/C35H32N4O2S/c1-21-11-15-26(16-12-21)32-31(33(40)37-28-9-7-6-8-10-28)24(4)36-35-39(32)34(41)30(42-35)20-27-19-23(3)38(25(27)5)29-17-13-22(2)14-18-29/h6-20,32H,1-5H3,(H,37,40)/b30-20-/t32-/m1/s1. The van der Waals surface area contributed by atoms with Crippen molar-refractivity contribution in [1.82, 2.24) is 9.13 Å². The van der Waals surface area contributed by atoms with Crippen LogP contribution in [0.3, 0.4) is 0 Å². The predicted molar refractivity (Wildman–Crippen MR) is 170 cm³/mol. The van der Waals surface area contributed by atoms with Gasteiger partial charge in [-0.3, -0.25) is 14.2 Å². The number of nitrogens with zero attached hydrogens (tertiary/aromatic N) is 3. The topological polar surface area (TPSA) is 68.4 Å². The van der Waals surface area contributed by atoms with Gasteiger partial charge in [-0.15, -0.1) is 0 Å². The first-order chi connectivity index (χ1) is 20.2. The van der Waals surface area contributed by atoms with Crippen molar-refractivity contribution in [2.24, 2.45) is 4.99 Å². The van der Waals surface area contributed by atoms with Crippen LogP contribution in [0.25, 0.3) is 11.8 Å². The molecule has 0 fully saturated rings. The Kier molecular flexibility index (Phi) is 7.12. The molecule has 5 aromatic rings. The van der Waals surface area contributed by atoms with E-state index in [0.29, 0.717) is 26.3 Å². The fourth-order valence-corrected chi connectivity index (χ4v) is 6.60. The second-order valence-electron chi connectivity index (χ2n) is 10.8. The smallest absolute Gasteiger partial charge is 0.271 e. The van der Waals surface area contributed by atoms with Gasteiger partial charge in [-0.25, -0.2) is 4.99 Å². The van der Waals surface area contributed by atoms with Gasteiger partial charge in [0.05, 0.1) is 21.8 Å². The maximum atomic E-state index is 14.1. The fraction of sp³-hybridized carbons (Fsp3) is 0.171. The van der Waals surface area contributed by atoms with Gasteiger partial charge in [-0.1, -0.05) is 77.1 Å². The van der Waals surface area contributed by atoms with E-state index in [1.165, 1.54) is 16.9 Å². The van der Waals surface area contributed by atoms with Crippen LogP contribution in [0.15, 0.2) is 106 Å². The van der Waals surface area contributed by atoms with Gasteiger partial charge < -0.3 is 9.88 Å². The lowest BCUT2D eigenvalue weighted by Gasteiger charge is -2.25. The number of aryl methyl sites for hydroxylation is 3. The van der Waals surface area contributed by atoms with Crippen molar-refractivity contribution in [2.75, 3.05) is 5.32 Å². The van der Waals surface area contributed by atoms with Crippen molar-refractivity contribution in [2.45, 2.75) is 40.7 Å². The number of allylic oxidation sites excluding steroid dienone is 1. The molecule has 1 aliphatic rings. The molecule has 2 aromatic heterocycles. The zero-order valence-electron chi connectivity index (χ0n) is 24.3. The summed E-state index contributed by atoms with van der Waals surface area (Å²) in [6.07, 6.45) is 1.95. The molecule has 1 amide bonds. The third kappa shape index (κ3) is 4.97. The Morgan fingerprint density at radius 1 is 0.881 bits per heavy atom. The highest BCUT2D eigenvalue weighted by Gasteiger charge is 2.32. The molecular weight excluding hydrogens is 540 g/mol. The number of hydrogen-bond donors (Lipinski definition) is 1. The monoisotopic (exact) mass is 572 g/mol. The first-order valence-electron chi connectivity index (χ1n) is 13.9. The summed E-state index contributed by atoms with van der Waals surface area (Å²) in [4.78, 5) is 33.2. The summed E-state index contributed by atoms with van der Waals surface area (Å²) in [5, 5.41) is 3.01. The van der Waals surface area contributed by atoms with Gasteiger partial charge in [0.25, 0.3) is 11.5 Å². The SMILES string of the molecule is CC1=C(C(=O)Nc2ccccc2)[C@@H](c2ccc(C)cc2)n2c(s/c(=C\c3cc(C)n(-c4ccc(C)cc4)c3C)c2=O)=N1. The lowest BCUT2D eigenvalue weighted by molar-refractivity contribution is -0.113. The quantitative estimate of drug-likeness (QED) is 0.285. The summed E-state index contributed by atoms with van der Waals surface area (Å²) >= 11 is 1.35. The highest BCUT2D eigenvalue weighted by molar-refractivity contribution is 7.07. The number of hydrogen-bond acceptors (Lipinski definition) is 4. The maximum absolute atomic E-state index is 14.1. The van der Waals surface area contributed by atoms with Crippen LogP contribution in [0.5, 0.6) is 0 Å². The van der Waals surface area contributed by atoms with Gasteiger partial charge in [-0.2, -0.15) is 0 Å². The average molecular weight is 573 g/mol. The van der Waals surface area contributed by atoms with E-state index < -0.39 is 6.04 Å². The Labute approximate surface area is 248 Å². The molecule has 6 rings (SSSR count). The first-order valence-corrected chi connectivity index (χ1v) is 14.7. The molecule has 42 heavy (non-hydrogen) atoms. The van der Waals surface area contributed by atoms with Crippen LogP contribution >= 0.6 is 11.3 Å². The van der Waals surface area contributed by atoms with E-state index in [1.807, 2.05) is 74.5 Å². The van der Waals surface area contributed by atoms with Crippen LogP contribution in [-0.4, -0.2) is 15.0 Å². The van der Waals surface area contributed by atoms with E-state index in [-0.39, 0.29) is 11.5 Å². The van der Waals surface area contributed by atoms with Crippen molar-refractivity contribution in [3.63, 3.8) is 0 Å². The number of fused-ring (bicyclic) bond motifs is 1. The van der Waals surface area contributed by atoms with Gasteiger partial charge in [0, 0.05) is 22.8 Å². The minimum Gasteiger partial charge on any atom is -0.322 e. The van der Waals surface area contributed by atoms with Crippen molar-refractivity contribution in [3.8, 4) is 5.69 Å². The number of para-hydroxylation sites is 1. The van der Waals surface area contributed by atoms with Gasteiger partial charge in [0.15, 0.2) is 4.80 Å². The molecular formula is C35H32N4O2S. The average Bonchev–Trinajstić information content (AvgIpc) is 3.43. The number of carbonyl (C=O) groups excluding carboxylic acids is 1. The van der Waals surface area contributed by atoms with Gasteiger partial charge in [0.1, 0.15) is 0 Å². The third-order valence-electron chi connectivity index (χ3n) is 7.74. The third-order valence-corrected chi connectivity index (χ3v) is 8.72. The molecule has 3 aromatic carbocycles. The number of anilines is 1. The summed E-state index contributed by atoms with van der Waals surface area (Å²) in [5.41, 5.74) is 8.94. The molecule has 1 aliphatic heterocycles. The predicted octanol–water partition coefficient (Wildman–Crippen LogP) is 5.90. The normalized spacial score (nSPS) is 15.0. The van der Waals surface area contributed by atoms with Crippen LogP contribution in [0, 0.1) is 27.7 Å². The minimum atomic E-state index is -0.604. The number of benzene rings is 3. The summed E-state index contributed by atoms with van der Waals surface area (Å²) in [5.74, 6) is -0.274. The van der Waals surface area contributed by atoms with E-state index in [0.717, 1.165) is 33.8 Å². The second kappa shape index (κ2) is 10.9. The Bertz CT molecular complexity index is 2030. The lowest BCUT2D eigenvalue weighted by Crippen LogP contribution is -2.40. The molecule has 0 saturated carbocycles. The number of rotatable bonds is 5. The van der Waals surface area contributed by atoms with Gasteiger partial charge in [0.2, 0.25) is 0 Å². The number of thiazole rings is 1. The summed E-state index contributed by atoms with van der Waals surface area (Å²) < 4.78 is 4.45.